The van der Waals surface area contributed by atoms with Crippen LogP contribution in [0, 0.1) is 0 Å². The second kappa shape index (κ2) is 14.1. The lowest BCUT2D eigenvalue weighted by Gasteiger charge is -2.28. The molecule has 1 aliphatic rings. The molecule has 0 aliphatic heterocycles. The van der Waals surface area contributed by atoms with E-state index >= 15 is 8.78 Å². The SMILES string of the molecule is COc1ccc(CN(c2ncns2)S(=O)C2C=C(F)C(Oc3ccc(Cl)cc3-c3ccc4ncc(NC(C)(C)C)n4c3)=CC2F)c(OC)c1. The van der Waals surface area contributed by atoms with Crippen molar-refractivity contribution in [2.75, 3.05) is 23.8 Å². The molecule has 3 aromatic heterocycles. The molecule has 6 rings (SSSR count). The Kier molecular flexibility index (Phi) is 9.91. The molecule has 0 fully saturated rings. The number of pyridine rings is 1. The van der Waals surface area contributed by atoms with Gasteiger partial charge in [0.05, 0.1) is 27.0 Å². The number of fused-ring (bicyclic) bond motifs is 1. The maximum absolute atomic E-state index is 15.9. The second-order valence-electron chi connectivity index (χ2n) is 12.1. The Morgan fingerprint density at radius 3 is 2.59 bits per heavy atom. The van der Waals surface area contributed by atoms with Crippen molar-refractivity contribution < 1.29 is 27.2 Å². The van der Waals surface area contributed by atoms with Crippen molar-refractivity contribution in [3.8, 4) is 28.4 Å². The molecule has 49 heavy (non-hydrogen) atoms. The molecule has 0 bridgehead atoms. The molecule has 0 saturated heterocycles. The summed E-state index contributed by atoms with van der Waals surface area (Å²) in [6.45, 7) is 6.15. The predicted molar refractivity (Wildman–Crippen MR) is 189 cm³/mol. The normalized spacial score (nSPS) is 16.9. The van der Waals surface area contributed by atoms with Crippen molar-refractivity contribution >= 4 is 50.7 Å². The highest BCUT2D eigenvalue weighted by molar-refractivity contribution is 7.87. The van der Waals surface area contributed by atoms with Crippen LogP contribution in [0.3, 0.4) is 0 Å². The Bertz CT molecular complexity index is 2070. The summed E-state index contributed by atoms with van der Waals surface area (Å²) >= 11 is 7.37. The highest BCUT2D eigenvalue weighted by Crippen LogP contribution is 2.38. The first-order valence-electron chi connectivity index (χ1n) is 15.1. The second-order valence-corrected chi connectivity index (χ2v) is 14.8. The highest BCUT2D eigenvalue weighted by atomic mass is 35.5. The van der Waals surface area contributed by atoms with E-state index in [2.05, 4.69) is 19.7 Å². The molecule has 2 aromatic carbocycles. The lowest BCUT2D eigenvalue weighted by atomic mass is 10.1. The Morgan fingerprint density at radius 1 is 1.06 bits per heavy atom. The summed E-state index contributed by atoms with van der Waals surface area (Å²) in [6.07, 6.45) is 5.02. The fourth-order valence-electron chi connectivity index (χ4n) is 5.21. The Labute approximate surface area is 293 Å². The van der Waals surface area contributed by atoms with Crippen LogP contribution in [-0.2, 0) is 17.5 Å². The van der Waals surface area contributed by atoms with E-state index in [1.807, 2.05) is 43.5 Å². The number of benzene rings is 2. The number of allylic oxidation sites excluding steroid dienone is 2. The summed E-state index contributed by atoms with van der Waals surface area (Å²) < 4.78 is 69.8. The number of halogens is 3. The van der Waals surface area contributed by atoms with E-state index < -0.39 is 28.2 Å². The molecule has 256 valence electrons. The average molecular weight is 727 g/mol. The number of aromatic nitrogens is 4. The van der Waals surface area contributed by atoms with Crippen molar-refractivity contribution in [1.29, 1.82) is 0 Å². The largest absolute Gasteiger partial charge is 0.497 e. The number of imidazole rings is 1. The monoisotopic (exact) mass is 726 g/mol. The van der Waals surface area contributed by atoms with Crippen LogP contribution >= 0.6 is 23.1 Å². The molecular weight excluding hydrogens is 694 g/mol. The van der Waals surface area contributed by atoms with Crippen LogP contribution in [0.4, 0.5) is 19.7 Å². The van der Waals surface area contributed by atoms with Gasteiger partial charge in [0, 0.05) is 51.0 Å². The van der Waals surface area contributed by atoms with E-state index in [0.29, 0.717) is 33.2 Å². The number of hydrogen-bond acceptors (Lipinski definition) is 9. The topological polar surface area (TPSA) is 103 Å². The molecule has 0 amide bonds. The molecule has 0 radical (unpaired) electrons. The van der Waals surface area contributed by atoms with Gasteiger partial charge in [-0.1, -0.05) is 11.6 Å². The van der Waals surface area contributed by atoms with E-state index in [1.165, 1.54) is 24.9 Å². The van der Waals surface area contributed by atoms with E-state index in [0.717, 1.165) is 35.1 Å². The van der Waals surface area contributed by atoms with Crippen LogP contribution < -0.4 is 23.8 Å². The van der Waals surface area contributed by atoms with Crippen LogP contribution in [0.2, 0.25) is 5.02 Å². The van der Waals surface area contributed by atoms with Gasteiger partial charge in [-0.3, -0.25) is 8.71 Å². The molecule has 15 heteroatoms. The van der Waals surface area contributed by atoms with Crippen molar-refractivity contribution in [3.05, 3.63) is 102 Å². The Balaban J connectivity index is 1.27. The third-order valence-corrected chi connectivity index (χ3v) is 10.1. The number of anilines is 2. The van der Waals surface area contributed by atoms with Crippen molar-refractivity contribution in [1.82, 2.24) is 18.7 Å². The smallest absolute Gasteiger partial charge is 0.217 e. The van der Waals surface area contributed by atoms with Gasteiger partial charge in [-0.2, -0.15) is 4.37 Å². The third-order valence-electron chi connectivity index (χ3n) is 7.47. The summed E-state index contributed by atoms with van der Waals surface area (Å²) in [5.41, 5.74) is 2.40. The standard InChI is InChI=1S/C34H33ClF2N6O4S2/c1-34(2,3)41-32-16-38-31-11-7-20(17-42(31)32)24-12-22(35)8-10-27(24)47-29-14-26(37)30(15-25(29)36)49(44)43(33-39-19-40-48-33)18-21-6-9-23(45-4)13-28(21)46-5/h6-17,19,26,30,41H,18H2,1-5H3. The van der Waals surface area contributed by atoms with Crippen LogP contribution in [-0.4, -0.2) is 54.1 Å². The van der Waals surface area contributed by atoms with Gasteiger partial charge < -0.3 is 19.5 Å². The Morgan fingerprint density at radius 2 is 1.88 bits per heavy atom. The van der Waals surface area contributed by atoms with Gasteiger partial charge in [-0.05, 0) is 75.4 Å². The Hall–Kier alpha value is -4.53. The molecule has 0 spiro atoms. The van der Waals surface area contributed by atoms with E-state index in [4.69, 9.17) is 25.8 Å². The number of hydrogen-bond donors (Lipinski definition) is 1. The lowest BCUT2D eigenvalue weighted by Crippen LogP contribution is -2.38. The minimum Gasteiger partial charge on any atom is -0.497 e. The van der Waals surface area contributed by atoms with Crippen molar-refractivity contribution in [2.45, 2.75) is 44.3 Å². The first-order valence-corrected chi connectivity index (χ1v) is 17.4. The number of nitrogens with one attached hydrogen (secondary N) is 1. The molecule has 1 aliphatic carbocycles. The number of ether oxygens (including phenoxy) is 3. The van der Waals surface area contributed by atoms with Crippen LogP contribution in [0.5, 0.6) is 17.2 Å². The van der Waals surface area contributed by atoms with Crippen LogP contribution in [0.15, 0.2) is 91.0 Å². The van der Waals surface area contributed by atoms with Gasteiger partial charge in [-0.25, -0.2) is 23.0 Å². The minimum atomic E-state index is -2.13. The maximum atomic E-state index is 15.9. The summed E-state index contributed by atoms with van der Waals surface area (Å²) in [5, 5.41) is 2.74. The van der Waals surface area contributed by atoms with Gasteiger partial charge in [0.25, 0.3) is 0 Å². The summed E-state index contributed by atoms with van der Waals surface area (Å²) in [7, 11) is 0.899. The maximum Gasteiger partial charge on any atom is 0.217 e. The van der Waals surface area contributed by atoms with Gasteiger partial charge >= 0.3 is 0 Å². The molecule has 3 unspecified atom stereocenters. The van der Waals surface area contributed by atoms with Gasteiger partial charge in [0.1, 0.15) is 57.4 Å². The quantitative estimate of drug-likeness (QED) is 0.146. The summed E-state index contributed by atoms with van der Waals surface area (Å²) in [4.78, 5) is 8.66. The molecule has 3 atom stereocenters. The number of nitrogens with zero attached hydrogens (tertiary/aromatic N) is 5. The average Bonchev–Trinajstić information content (AvgIpc) is 3.75. The number of rotatable bonds is 11. The number of alkyl halides is 1. The zero-order chi connectivity index (χ0) is 34.9. The fourth-order valence-corrected chi connectivity index (χ4v) is 7.44. The van der Waals surface area contributed by atoms with Gasteiger partial charge in [-0.15, -0.1) is 0 Å². The van der Waals surface area contributed by atoms with E-state index in [-0.39, 0.29) is 28.7 Å². The van der Waals surface area contributed by atoms with Gasteiger partial charge in [0.15, 0.2) is 11.6 Å². The molecule has 0 saturated carbocycles. The van der Waals surface area contributed by atoms with E-state index in [1.54, 1.807) is 42.6 Å². The number of methoxy groups -OCH3 is 2. The summed E-state index contributed by atoms with van der Waals surface area (Å²) in [5.74, 6) is 0.854. The van der Waals surface area contributed by atoms with Gasteiger partial charge in [0.2, 0.25) is 5.13 Å². The zero-order valence-electron chi connectivity index (χ0n) is 27.2. The lowest BCUT2D eigenvalue weighted by molar-refractivity contribution is 0.350. The summed E-state index contributed by atoms with van der Waals surface area (Å²) in [6, 6.07) is 13.7. The third kappa shape index (κ3) is 7.56. The van der Waals surface area contributed by atoms with E-state index in [9.17, 15) is 4.21 Å². The van der Waals surface area contributed by atoms with Crippen molar-refractivity contribution in [2.24, 2.45) is 0 Å². The van der Waals surface area contributed by atoms with Crippen LogP contribution in [0.1, 0.15) is 26.3 Å². The molecule has 5 aromatic rings. The fraction of sp³-hybridized carbons (Fsp3) is 0.265. The highest BCUT2D eigenvalue weighted by Gasteiger charge is 2.36. The zero-order valence-corrected chi connectivity index (χ0v) is 29.6. The first-order chi connectivity index (χ1) is 23.4. The molecule has 3 heterocycles. The first kappa shape index (κ1) is 34.3. The minimum absolute atomic E-state index is 0.0170. The van der Waals surface area contributed by atoms with Crippen molar-refractivity contribution in [3.63, 3.8) is 0 Å². The predicted octanol–water partition coefficient (Wildman–Crippen LogP) is 7.94. The molecule has 10 nitrogen and oxygen atoms in total. The van der Waals surface area contributed by atoms with Crippen LogP contribution in [0.25, 0.3) is 16.8 Å². The molecule has 1 N–H and O–H groups in total. The molecular formula is C34H33ClF2N6O4S2.